The number of nitrogens with one attached hydrogen (secondary N) is 1. The molecule has 3 aromatic rings. The summed E-state index contributed by atoms with van der Waals surface area (Å²) >= 11 is 0. The normalized spacial score (nSPS) is 12.8. The third-order valence-electron chi connectivity index (χ3n) is 5.09. The number of rotatable bonds is 5. The van der Waals surface area contributed by atoms with Crippen molar-refractivity contribution in [3.8, 4) is 11.5 Å². The molecule has 0 bridgehead atoms. The second-order valence-electron chi connectivity index (χ2n) is 6.90. The van der Waals surface area contributed by atoms with E-state index >= 15 is 0 Å². The van der Waals surface area contributed by atoms with Gasteiger partial charge in [0.2, 0.25) is 0 Å². The molecule has 1 aliphatic rings. The van der Waals surface area contributed by atoms with E-state index in [2.05, 4.69) is 5.32 Å². The molecular weight excluding hydrogens is 384 g/mol. The quantitative estimate of drug-likeness (QED) is 0.689. The predicted molar refractivity (Wildman–Crippen MR) is 113 cm³/mol. The molecule has 0 atom stereocenters. The van der Waals surface area contributed by atoms with E-state index in [-0.39, 0.29) is 11.8 Å². The summed E-state index contributed by atoms with van der Waals surface area (Å²) in [4.78, 5) is 27.2. The van der Waals surface area contributed by atoms with Crippen molar-refractivity contribution >= 4 is 23.2 Å². The van der Waals surface area contributed by atoms with Crippen molar-refractivity contribution in [2.45, 2.75) is 12.8 Å². The lowest BCUT2D eigenvalue weighted by Crippen LogP contribution is -2.35. The number of hydrogen-bond acceptors (Lipinski definition) is 5. The molecule has 0 radical (unpaired) electrons. The number of carbonyl (C=O) groups excluding carboxylic acids is 2. The number of methoxy groups -OCH3 is 2. The van der Waals surface area contributed by atoms with Crippen LogP contribution in [-0.4, -0.2) is 32.6 Å². The SMILES string of the molecule is COc1ccc(C(=O)Nc2ccc3c(c2)CCCN3C(=O)c2ccco2)c(OC)c1. The van der Waals surface area contributed by atoms with E-state index in [1.807, 2.05) is 12.1 Å². The fourth-order valence-electron chi connectivity index (χ4n) is 3.60. The van der Waals surface area contributed by atoms with Crippen LogP contribution >= 0.6 is 0 Å². The Balaban J connectivity index is 1.56. The highest BCUT2D eigenvalue weighted by atomic mass is 16.5. The van der Waals surface area contributed by atoms with Gasteiger partial charge < -0.3 is 24.1 Å². The fourth-order valence-corrected chi connectivity index (χ4v) is 3.60. The zero-order valence-electron chi connectivity index (χ0n) is 16.8. The summed E-state index contributed by atoms with van der Waals surface area (Å²) in [6.07, 6.45) is 3.15. The van der Waals surface area contributed by atoms with Crippen molar-refractivity contribution < 1.29 is 23.5 Å². The molecule has 2 aromatic carbocycles. The Labute approximate surface area is 174 Å². The van der Waals surface area contributed by atoms with Gasteiger partial charge in [-0.25, -0.2) is 0 Å². The van der Waals surface area contributed by atoms with Gasteiger partial charge in [0.25, 0.3) is 11.8 Å². The van der Waals surface area contributed by atoms with Crippen LogP contribution in [0.1, 0.15) is 32.9 Å². The summed E-state index contributed by atoms with van der Waals surface area (Å²) in [6, 6.07) is 14.0. The van der Waals surface area contributed by atoms with Crippen LogP contribution in [0, 0.1) is 0 Å². The van der Waals surface area contributed by atoms with Crippen LogP contribution in [-0.2, 0) is 6.42 Å². The molecule has 0 fully saturated rings. The van der Waals surface area contributed by atoms with Gasteiger partial charge >= 0.3 is 0 Å². The van der Waals surface area contributed by atoms with Gasteiger partial charge in [-0.1, -0.05) is 0 Å². The maximum Gasteiger partial charge on any atom is 0.293 e. The summed E-state index contributed by atoms with van der Waals surface area (Å²) in [5.41, 5.74) is 2.90. The Morgan fingerprint density at radius 2 is 1.93 bits per heavy atom. The standard InChI is InChI=1S/C23H22N2O5/c1-28-17-8-9-18(21(14-17)29-2)22(26)24-16-7-10-19-15(13-16)5-3-11-25(19)23(27)20-6-4-12-30-20/h4,6-10,12-14H,3,5,11H2,1-2H3,(H,24,26). The number of anilines is 2. The molecular formula is C23H22N2O5. The van der Waals surface area contributed by atoms with E-state index in [9.17, 15) is 9.59 Å². The largest absolute Gasteiger partial charge is 0.497 e. The van der Waals surface area contributed by atoms with Gasteiger partial charge in [-0.2, -0.15) is 0 Å². The molecule has 30 heavy (non-hydrogen) atoms. The molecule has 2 amide bonds. The third-order valence-corrected chi connectivity index (χ3v) is 5.09. The highest BCUT2D eigenvalue weighted by molar-refractivity contribution is 6.07. The van der Waals surface area contributed by atoms with Crippen LogP contribution in [0.5, 0.6) is 11.5 Å². The molecule has 0 saturated heterocycles. The fraction of sp³-hybridized carbons (Fsp3) is 0.217. The van der Waals surface area contributed by atoms with Crippen molar-refractivity contribution in [2.75, 3.05) is 31.0 Å². The second-order valence-corrected chi connectivity index (χ2v) is 6.90. The minimum Gasteiger partial charge on any atom is -0.497 e. The number of aryl methyl sites for hydroxylation is 1. The van der Waals surface area contributed by atoms with Crippen LogP contribution < -0.4 is 19.7 Å². The summed E-state index contributed by atoms with van der Waals surface area (Å²) in [5.74, 6) is 0.903. The van der Waals surface area contributed by atoms with Gasteiger partial charge in [0.05, 0.1) is 26.0 Å². The Morgan fingerprint density at radius 3 is 2.67 bits per heavy atom. The summed E-state index contributed by atoms with van der Waals surface area (Å²) in [7, 11) is 3.07. The molecule has 0 unspecified atom stereocenters. The molecule has 0 spiro atoms. The van der Waals surface area contributed by atoms with E-state index in [0.717, 1.165) is 24.1 Å². The van der Waals surface area contributed by atoms with Gasteiger partial charge in [0.15, 0.2) is 5.76 Å². The Hall–Kier alpha value is -3.74. The molecule has 4 rings (SSSR count). The van der Waals surface area contributed by atoms with Crippen molar-refractivity contribution in [3.63, 3.8) is 0 Å². The van der Waals surface area contributed by atoms with E-state index < -0.39 is 0 Å². The van der Waals surface area contributed by atoms with Gasteiger partial charge in [0, 0.05) is 24.0 Å². The average Bonchev–Trinajstić information content (AvgIpc) is 3.32. The number of ether oxygens (including phenoxy) is 2. The highest BCUT2D eigenvalue weighted by Crippen LogP contribution is 2.32. The number of amides is 2. The number of fused-ring (bicyclic) bond motifs is 1. The summed E-state index contributed by atoms with van der Waals surface area (Å²) < 4.78 is 15.8. The van der Waals surface area contributed by atoms with Gasteiger partial charge in [-0.15, -0.1) is 0 Å². The molecule has 7 nitrogen and oxygen atoms in total. The van der Waals surface area contributed by atoms with E-state index in [0.29, 0.717) is 35.1 Å². The maximum absolute atomic E-state index is 12.8. The number of carbonyl (C=O) groups is 2. The van der Waals surface area contributed by atoms with Crippen molar-refractivity contribution in [1.29, 1.82) is 0 Å². The highest BCUT2D eigenvalue weighted by Gasteiger charge is 2.25. The molecule has 7 heteroatoms. The molecule has 0 saturated carbocycles. The van der Waals surface area contributed by atoms with Gasteiger partial charge in [-0.3, -0.25) is 9.59 Å². The zero-order valence-corrected chi connectivity index (χ0v) is 16.8. The lowest BCUT2D eigenvalue weighted by atomic mass is 10.0. The lowest BCUT2D eigenvalue weighted by Gasteiger charge is -2.29. The van der Waals surface area contributed by atoms with Crippen molar-refractivity contribution in [1.82, 2.24) is 0 Å². The second kappa shape index (κ2) is 8.32. The first-order valence-corrected chi connectivity index (χ1v) is 9.62. The van der Waals surface area contributed by atoms with Crippen molar-refractivity contribution in [2.24, 2.45) is 0 Å². The predicted octanol–water partition coefficient (Wildman–Crippen LogP) is 4.14. The first-order valence-electron chi connectivity index (χ1n) is 9.62. The number of furan rings is 1. The molecule has 1 aromatic heterocycles. The first-order chi connectivity index (χ1) is 14.6. The minimum absolute atomic E-state index is 0.166. The Morgan fingerprint density at radius 1 is 1.07 bits per heavy atom. The Kier molecular flexibility index (Phi) is 5.43. The molecule has 1 N–H and O–H groups in total. The number of hydrogen-bond donors (Lipinski definition) is 1. The van der Waals surface area contributed by atoms with Crippen LogP contribution in [0.25, 0.3) is 0 Å². The van der Waals surface area contributed by atoms with Crippen LogP contribution in [0.15, 0.2) is 59.2 Å². The average molecular weight is 406 g/mol. The van der Waals surface area contributed by atoms with E-state index in [4.69, 9.17) is 13.9 Å². The van der Waals surface area contributed by atoms with Crippen LogP contribution in [0.4, 0.5) is 11.4 Å². The number of benzene rings is 2. The van der Waals surface area contributed by atoms with Crippen LogP contribution in [0.3, 0.4) is 0 Å². The number of nitrogens with zero attached hydrogens (tertiary/aromatic N) is 1. The molecule has 1 aliphatic heterocycles. The minimum atomic E-state index is -0.284. The first kappa shape index (κ1) is 19.6. The molecule has 0 aliphatic carbocycles. The Bertz CT molecular complexity index is 1080. The summed E-state index contributed by atoms with van der Waals surface area (Å²) in [5, 5.41) is 2.91. The van der Waals surface area contributed by atoms with E-state index in [1.54, 1.807) is 48.4 Å². The zero-order chi connectivity index (χ0) is 21.1. The topological polar surface area (TPSA) is 81.0 Å². The van der Waals surface area contributed by atoms with Gasteiger partial charge in [-0.05, 0) is 60.9 Å². The van der Waals surface area contributed by atoms with Crippen molar-refractivity contribution in [3.05, 3.63) is 71.7 Å². The van der Waals surface area contributed by atoms with E-state index in [1.165, 1.54) is 13.4 Å². The lowest BCUT2D eigenvalue weighted by molar-refractivity contribution is 0.0957. The van der Waals surface area contributed by atoms with Gasteiger partial charge in [0.1, 0.15) is 11.5 Å². The smallest absolute Gasteiger partial charge is 0.293 e. The third kappa shape index (κ3) is 3.74. The molecule has 2 heterocycles. The summed E-state index contributed by atoms with van der Waals surface area (Å²) in [6.45, 7) is 0.626. The monoisotopic (exact) mass is 406 g/mol. The molecule has 154 valence electrons. The van der Waals surface area contributed by atoms with Crippen LogP contribution in [0.2, 0.25) is 0 Å². The maximum atomic E-state index is 12.8.